The van der Waals surface area contributed by atoms with Gasteiger partial charge in [-0.05, 0) is 49.7 Å². The third kappa shape index (κ3) is 4.98. The van der Waals surface area contributed by atoms with Crippen molar-refractivity contribution in [2.24, 2.45) is 17.6 Å². The first-order chi connectivity index (χ1) is 18.0. The summed E-state index contributed by atoms with van der Waals surface area (Å²) in [7, 11) is 1.49. The lowest BCUT2D eigenvalue weighted by Crippen LogP contribution is -2.70. The van der Waals surface area contributed by atoms with Crippen molar-refractivity contribution in [1.82, 2.24) is 9.88 Å². The van der Waals surface area contributed by atoms with Gasteiger partial charge in [-0.25, -0.2) is 8.78 Å². The molecule has 4 N–H and O–H groups in total. The minimum absolute atomic E-state index is 0.000217. The largest absolute Gasteiger partial charge is 0.497 e. The molecule has 0 spiro atoms. The van der Waals surface area contributed by atoms with E-state index in [1.807, 2.05) is 0 Å². The van der Waals surface area contributed by atoms with E-state index in [1.165, 1.54) is 13.3 Å². The number of ketones is 1. The number of hydrogen-bond donors (Lipinski definition) is 3. The number of methoxy groups -OCH3 is 1. The zero-order chi connectivity index (χ0) is 27.7. The number of ether oxygens (including phenoxy) is 1. The van der Waals surface area contributed by atoms with Crippen LogP contribution in [0.5, 0.6) is 5.75 Å². The van der Waals surface area contributed by atoms with Gasteiger partial charge in [0.25, 0.3) is 11.7 Å². The Hall–Kier alpha value is -3.50. The van der Waals surface area contributed by atoms with E-state index in [0.29, 0.717) is 29.5 Å². The fourth-order valence-corrected chi connectivity index (χ4v) is 6.50. The third-order valence-electron chi connectivity index (χ3n) is 8.27. The molecule has 2 aromatic rings. The molecule has 1 atom stereocenters. The Balaban J connectivity index is 1.81. The monoisotopic (exact) mass is 533 g/mol. The topological polar surface area (TPSA) is 143 Å². The highest BCUT2D eigenvalue weighted by molar-refractivity contribution is 6.45. The molecular formula is C27H33F2N3O6. The number of aliphatic carboxylic acids is 1. The van der Waals surface area contributed by atoms with Crippen LogP contribution in [-0.2, 0) is 14.4 Å². The predicted octanol–water partition coefficient (Wildman–Crippen LogP) is 3.90. The third-order valence-corrected chi connectivity index (χ3v) is 8.27. The van der Waals surface area contributed by atoms with Crippen LogP contribution in [0, 0.1) is 11.8 Å². The van der Waals surface area contributed by atoms with Crippen molar-refractivity contribution in [3.8, 4) is 5.75 Å². The lowest BCUT2D eigenvalue weighted by molar-refractivity contribution is -0.164. The molecule has 1 heterocycles. The quantitative estimate of drug-likeness (QED) is 0.330. The van der Waals surface area contributed by atoms with Crippen LogP contribution in [0.1, 0.15) is 68.1 Å². The Morgan fingerprint density at radius 2 is 1.74 bits per heavy atom. The number of Topliss-reactive ketones (excluding diaryl/α,β-unsaturated/α-hetero) is 1. The summed E-state index contributed by atoms with van der Waals surface area (Å²) in [6.45, 7) is -0.951. The molecular weight excluding hydrogens is 500 g/mol. The average molecular weight is 534 g/mol. The number of nitrogens with two attached hydrogens (primary N) is 1. The number of fused-ring (bicyclic) bond motifs is 1. The molecule has 4 rings (SSSR count). The minimum atomic E-state index is -2.92. The maximum Gasteiger partial charge on any atom is 0.323 e. The van der Waals surface area contributed by atoms with E-state index in [-0.39, 0.29) is 18.4 Å². The van der Waals surface area contributed by atoms with Crippen molar-refractivity contribution in [2.75, 3.05) is 13.7 Å². The number of nitrogens with one attached hydrogen (secondary N) is 1. The Kier molecular flexibility index (Phi) is 7.75. The van der Waals surface area contributed by atoms with Gasteiger partial charge in [0, 0.05) is 36.0 Å². The zero-order valence-corrected chi connectivity index (χ0v) is 21.3. The van der Waals surface area contributed by atoms with Gasteiger partial charge in [0.1, 0.15) is 17.8 Å². The number of carboxylic acid groups (broad SMARTS) is 1. The number of amides is 2. The van der Waals surface area contributed by atoms with Crippen LogP contribution in [-0.4, -0.2) is 63.7 Å². The zero-order valence-electron chi connectivity index (χ0n) is 21.3. The number of carboxylic acids is 1. The standard InChI is InChI=1S/C27H33F2N3O6/c1-38-18-7-8-19-20(14-31-21(19)13-18)23(35)24(36)32(15-22(33)34)27(25(30)37,16-5-3-2-4-6-16)17-9-11-26(28,29)12-10-17/h7-8,13-14,16-17,31H,2-6,9-12,15H2,1H3,(H2,30,37)(H,33,34). The fourth-order valence-electron chi connectivity index (χ4n) is 6.50. The normalized spacial score (nSPS) is 20.0. The molecule has 2 aliphatic rings. The van der Waals surface area contributed by atoms with Gasteiger partial charge in [0.05, 0.1) is 12.7 Å². The van der Waals surface area contributed by atoms with E-state index in [4.69, 9.17) is 10.5 Å². The fraction of sp³-hybridized carbons (Fsp3) is 0.556. The van der Waals surface area contributed by atoms with Gasteiger partial charge in [-0.3, -0.25) is 19.2 Å². The van der Waals surface area contributed by atoms with E-state index in [9.17, 15) is 33.1 Å². The van der Waals surface area contributed by atoms with Crippen LogP contribution >= 0.6 is 0 Å². The number of benzene rings is 1. The Morgan fingerprint density at radius 3 is 2.32 bits per heavy atom. The number of carbonyl (C=O) groups is 4. The molecule has 2 amide bonds. The summed E-state index contributed by atoms with van der Waals surface area (Å²) in [6.07, 6.45) is 3.37. The van der Waals surface area contributed by atoms with Gasteiger partial charge >= 0.3 is 5.97 Å². The number of carbonyl (C=O) groups excluding carboxylic acids is 3. The summed E-state index contributed by atoms with van der Waals surface area (Å²) < 4.78 is 33.5. The molecule has 0 bridgehead atoms. The molecule has 1 aromatic heterocycles. The highest BCUT2D eigenvalue weighted by Gasteiger charge is 2.59. The summed E-state index contributed by atoms with van der Waals surface area (Å²) in [5.41, 5.74) is 4.66. The molecule has 0 aliphatic heterocycles. The van der Waals surface area contributed by atoms with Crippen molar-refractivity contribution >= 4 is 34.5 Å². The number of primary amides is 1. The number of hydrogen-bond acceptors (Lipinski definition) is 5. The van der Waals surface area contributed by atoms with Gasteiger partial charge in [-0.2, -0.15) is 0 Å². The summed E-state index contributed by atoms with van der Waals surface area (Å²) in [5.74, 6) is -8.33. The molecule has 2 fully saturated rings. The van der Waals surface area contributed by atoms with E-state index in [1.54, 1.807) is 18.2 Å². The first-order valence-electron chi connectivity index (χ1n) is 12.9. The lowest BCUT2D eigenvalue weighted by atomic mass is 9.62. The number of nitrogens with zero attached hydrogens (tertiary/aromatic N) is 1. The first-order valence-corrected chi connectivity index (χ1v) is 12.9. The van der Waals surface area contributed by atoms with Crippen LogP contribution in [0.3, 0.4) is 0 Å². The highest BCUT2D eigenvalue weighted by Crippen LogP contribution is 2.49. The number of rotatable bonds is 9. The van der Waals surface area contributed by atoms with Crippen LogP contribution < -0.4 is 10.5 Å². The summed E-state index contributed by atoms with van der Waals surface area (Å²) in [6, 6.07) is 4.85. The van der Waals surface area contributed by atoms with Crippen LogP contribution in [0.15, 0.2) is 24.4 Å². The van der Waals surface area contributed by atoms with Gasteiger partial charge in [0.15, 0.2) is 0 Å². The van der Waals surface area contributed by atoms with Crippen LogP contribution in [0.25, 0.3) is 10.9 Å². The number of H-pyrrole nitrogens is 1. The molecule has 1 aromatic carbocycles. The SMILES string of the molecule is COc1ccc2c(C(=O)C(=O)N(CC(=O)O)C(C(N)=O)(C3CCCCC3)C3CCC(F)(F)CC3)c[nH]c2c1. The molecule has 1 unspecified atom stereocenters. The van der Waals surface area contributed by atoms with Crippen LogP contribution in [0.2, 0.25) is 0 Å². The number of halogens is 2. The molecule has 0 saturated heterocycles. The summed E-state index contributed by atoms with van der Waals surface area (Å²) in [4.78, 5) is 56.7. The Labute approximate surface area is 218 Å². The maximum atomic E-state index is 14.1. The second kappa shape index (κ2) is 10.7. The molecule has 2 saturated carbocycles. The highest BCUT2D eigenvalue weighted by atomic mass is 19.3. The average Bonchev–Trinajstić information content (AvgIpc) is 3.31. The van der Waals surface area contributed by atoms with Gasteiger partial charge in [0.2, 0.25) is 11.8 Å². The Morgan fingerprint density at radius 1 is 1.11 bits per heavy atom. The lowest BCUT2D eigenvalue weighted by Gasteiger charge is -2.52. The summed E-state index contributed by atoms with van der Waals surface area (Å²) >= 11 is 0. The Bertz CT molecular complexity index is 1230. The van der Waals surface area contributed by atoms with Gasteiger partial charge in [-0.1, -0.05) is 19.3 Å². The number of aromatic amines is 1. The van der Waals surface area contributed by atoms with Gasteiger partial charge in [-0.15, -0.1) is 0 Å². The van der Waals surface area contributed by atoms with E-state index in [0.717, 1.165) is 24.2 Å². The van der Waals surface area contributed by atoms with Gasteiger partial charge < -0.3 is 25.5 Å². The van der Waals surface area contributed by atoms with Crippen LogP contribution in [0.4, 0.5) is 8.78 Å². The van der Waals surface area contributed by atoms with E-state index in [2.05, 4.69) is 4.98 Å². The van der Waals surface area contributed by atoms with Crippen molar-refractivity contribution in [3.05, 3.63) is 30.0 Å². The van der Waals surface area contributed by atoms with Crippen molar-refractivity contribution in [1.29, 1.82) is 0 Å². The molecule has 2 aliphatic carbocycles. The molecule has 11 heteroatoms. The molecule has 38 heavy (non-hydrogen) atoms. The number of aromatic nitrogens is 1. The second-order valence-corrected chi connectivity index (χ2v) is 10.4. The van der Waals surface area contributed by atoms with Crippen molar-refractivity contribution in [3.63, 3.8) is 0 Å². The second-order valence-electron chi connectivity index (χ2n) is 10.4. The maximum absolute atomic E-state index is 14.1. The van der Waals surface area contributed by atoms with Crippen molar-refractivity contribution in [2.45, 2.75) is 69.2 Å². The minimum Gasteiger partial charge on any atom is -0.497 e. The first kappa shape index (κ1) is 27.5. The molecule has 9 nitrogen and oxygen atoms in total. The van der Waals surface area contributed by atoms with Crippen molar-refractivity contribution < 1.29 is 37.8 Å². The van der Waals surface area contributed by atoms with E-state index < -0.39 is 66.3 Å². The predicted molar refractivity (Wildman–Crippen MR) is 134 cm³/mol. The number of alkyl halides is 2. The van der Waals surface area contributed by atoms with E-state index >= 15 is 0 Å². The smallest absolute Gasteiger partial charge is 0.323 e. The molecule has 0 radical (unpaired) electrons. The summed E-state index contributed by atoms with van der Waals surface area (Å²) in [5, 5.41) is 10.2. The molecule has 206 valence electrons.